The van der Waals surface area contributed by atoms with Crippen molar-refractivity contribution < 1.29 is 28.6 Å². The fourth-order valence-corrected chi connectivity index (χ4v) is 5.31. The van der Waals surface area contributed by atoms with E-state index in [2.05, 4.69) is 93.7 Å². The number of allylic oxidation sites excluding steroid dienone is 13. The SMILES string of the molecule is CC/C=C\C/C=C\C/C=C\C/C=C\CCCCCC(=O)OCC(COC(=O)C/C=C\C/C=C\C/C=C\CC)OC(=O)CCCCCCCCCCCC. The lowest BCUT2D eigenvalue weighted by Crippen LogP contribution is -2.30. The Morgan fingerprint density at radius 2 is 0.811 bits per heavy atom. The van der Waals surface area contributed by atoms with Crippen molar-refractivity contribution in [3.05, 3.63) is 85.1 Å². The number of ether oxygens (including phenoxy) is 3. The second kappa shape index (κ2) is 41.3. The van der Waals surface area contributed by atoms with Gasteiger partial charge in [-0.3, -0.25) is 14.4 Å². The van der Waals surface area contributed by atoms with Gasteiger partial charge in [0.05, 0.1) is 6.42 Å². The number of hydrogen-bond donors (Lipinski definition) is 0. The van der Waals surface area contributed by atoms with E-state index in [4.69, 9.17) is 14.2 Å². The molecule has 6 heteroatoms. The quantitative estimate of drug-likeness (QED) is 0.0276. The van der Waals surface area contributed by atoms with Crippen molar-refractivity contribution in [1.29, 1.82) is 0 Å². The molecule has 0 amide bonds. The van der Waals surface area contributed by atoms with E-state index in [1.54, 1.807) is 6.08 Å². The number of carbonyl (C=O) groups excluding carboxylic acids is 3. The zero-order valence-electron chi connectivity index (χ0n) is 34.0. The zero-order chi connectivity index (χ0) is 38.7. The molecule has 0 fully saturated rings. The molecule has 1 atom stereocenters. The average molecular weight is 737 g/mol. The van der Waals surface area contributed by atoms with Crippen LogP contribution in [-0.4, -0.2) is 37.2 Å². The molecule has 0 aliphatic rings. The molecule has 0 aromatic carbocycles. The van der Waals surface area contributed by atoms with Crippen LogP contribution in [0.25, 0.3) is 0 Å². The Hall–Kier alpha value is -3.41. The van der Waals surface area contributed by atoms with Gasteiger partial charge < -0.3 is 14.2 Å². The highest BCUT2D eigenvalue weighted by molar-refractivity contribution is 5.72. The number of carbonyl (C=O) groups is 3. The van der Waals surface area contributed by atoms with E-state index in [1.807, 2.05) is 6.08 Å². The van der Waals surface area contributed by atoms with Crippen LogP contribution in [0.3, 0.4) is 0 Å². The monoisotopic (exact) mass is 737 g/mol. The maximum Gasteiger partial charge on any atom is 0.309 e. The Morgan fingerprint density at radius 1 is 0.415 bits per heavy atom. The van der Waals surface area contributed by atoms with E-state index < -0.39 is 12.1 Å². The van der Waals surface area contributed by atoms with E-state index in [-0.39, 0.29) is 31.6 Å². The van der Waals surface area contributed by atoms with Crippen LogP contribution in [0, 0.1) is 0 Å². The fourth-order valence-electron chi connectivity index (χ4n) is 5.31. The second-order valence-electron chi connectivity index (χ2n) is 13.5. The molecular weight excluding hydrogens is 661 g/mol. The smallest absolute Gasteiger partial charge is 0.309 e. The van der Waals surface area contributed by atoms with Crippen LogP contribution in [-0.2, 0) is 28.6 Å². The first kappa shape index (κ1) is 49.6. The van der Waals surface area contributed by atoms with Gasteiger partial charge in [-0.25, -0.2) is 0 Å². The molecular formula is C47H76O6. The average Bonchev–Trinajstić information content (AvgIpc) is 3.15. The van der Waals surface area contributed by atoms with E-state index in [1.165, 1.54) is 44.9 Å². The summed E-state index contributed by atoms with van der Waals surface area (Å²) < 4.78 is 16.5. The van der Waals surface area contributed by atoms with Gasteiger partial charge in [0.25, 0.3) is 0 Å². The Kier molecular flexibility index (Phi) is 38.7. The highest BCUT2D eigenvalue weighted by Gasteiger charge is 2.19. The minimum absolute atomic E-state index is 0.120. The van der Waals surface area contributed by atoms with E-state index in [0.717, 1.165) is 89.9 Å². The Balaban J connectivity index is 4.48. The van der Waals surface area contributed by atoms with Crippen LogP contribution in [0.1, 0.15) is 175 Å². The molecule has 0 aliphatic heterocycles. The number of hydrogen-bond acceptors (Lipinski definition) is 6. The predicted molar refractivity (Wildman–Crippen MR) is 224 cm³/mol. The number of unbranched alkanes of at least 4 members (excludes halogenated alkanes) is 12. The summed E-state index contributed by atoms with van der Waals surface area (Å²) in [5.74, 6) is -1.09. The lowest BCUT2D eigenvalue weighted by Gasteiger charge is -2.18. The topological polar surface area (TPSA) is 78.9 Å². The third-order valence-corrected chi connectivity index (χ3v) is 8.43. The summed E-state index contributed by atoms with van der Waals surface area (Å²) in [5.41, 5.74) is 0. The van der Waals surface area contributed by atoms with Gasteiger partial charge in [-0.2, -0.15) is 0 Å². The van der Waals surface area contributed by atoms with Crippen molar-refractivity contribution in [1.82, 2.24) is 0 Å². The fraction of sp³-hybridized carbons (Fsp3) is 0.638. The van der Waals surface area contributed by atoms with E-state index in [9.17, 15) is 14.4 Å². The highest BCUT2D eigenvalue weighted by Crippen LogP contribution is 2.13. The molecule has 300 valence electrons. The Morgan fingerprint density at radius 3 is 1.32 bits per heavy atom. The van der Waals surface area contributed by atoms with Crippen LogP contribution in [0.5, 0.6) is 0 Å². The summed E-state index contributed by atoms with van der Waals surface area (Å²) in [5, 5.41) is 0. The molecule has 0 rings (SSSR count). The maximum absolute atomic E-state index is 12.6. The molecule has 1 unspecified atom stereocenters. The van der Waals surface area contributed by atoms with Gasteiger partial charge in [0, 0.05) is 12.8 Å². The van der Waals surface area contributed by atoms with Crippen LogP contribution >= 0.6 is 0 Å². The molecule has 0 aromatic heterocycles. The van der Waals surface area contributed by atoms with Gasteiger partial charge in [0.2, 0.25) is 0 Å². The Bertz CT molecular complexity index is 1080. The maximum atomic E-state index is 12.6. The molecule has 0 N–H and O–H groups in total. The molecule has 0 radical (unpaired) electrons. The highest BCUT2D eigenvalue weighted by atomic mass is 16.6. The molecule has 0 saturated carbocycles. The summed E-state index contributed by atoms with van der Waals surface area (Å²) in [4.78, 5) is 37.5. The summed E-state index contributed by atoms with van der Waals surface area (Å²) in [7, 11) is 0. The molecule has 0 aromatic rings. The van der Waals surface area contributed by atoms with Gasteiger partial charge in [-0.05, 0) is 70.6 Å². The molecule has 53 heavy (non-hydrogen) atoms. The molecule has 0 heterocycles. The van der Waals surface area contributed by atoms with Crippen molar-refractivity contribution in [2.24, 2.45) is 0 Å². The minimum atomic E-state index is -0.820. The number of esters is 3. The summed E-state index contributed by atoms with van der Waals surface area (Å²) in [6.45, 7) is 6.23. The molecule has 0 aliphatic carbocycles. The van der Waals surface area contributed by atoms with Crippen molar-refractivity contribution in [2.45, 2.75) is 181 Å². The third kappa shape index (κ3) is 39.6. The van der Waals surface area contributed by atoms with Gasteiger partial charge in [0.15, 0.2) is 6.10 Å². The summed E-state index contributed by atoms with van der Waals surface area (Å²) >= 11 is 0. The molecule has 0 spiro atoms. The lowest BCUT2D eigenvalue weighted by molar-refractivity contribution is -0.166. The van der Waals surface area contributed by atoms with Crippen molar-refractivity contribution in [3.8, 4) is 0 Å². The van der Waals surface area contributed by atoms with E-state index in [0.29, 0.717) is 12.8 Å². The van der Waals surface area contributed by atoms with Crippen molar-refractivity contribution in [3.63, 3.8) is 0 Å². The largest absolute Gasteiger partial charge is 0.462 e. The van der Waals surface area contributed by atoms with Gasteiger partial charge in [-0.1, -0.05) is 170 Å². The molecule has 6 nitrogen and oxygen atoms in total. The van der Waals surface area contributed by atoms with Gasteiger partial charge >= 0.3 is 17.9 Å². The zero-order valence-corrected chi connectivity index (χ0v) is 34.0. The van der Waals surface area contributed by atoms with Crippen LogP contribution in [0.15, 0.2) is 85.1 Å². The Labute approximate surface area is 325 Å². The van der Waals surface area contributed by atoms with Gasteiger partial charge in [-0.15, -0.1) is 0 Å². The minimum Gasteiger partial charge on any atom is -0.462 e. The molecule has 0 bridgehead atoms. The van der Waals surface area contributed by atoms with E-state index >= 15 is 0 Å². The van der Waals surface area contributed by atoms with Crippen molar-refractivity contribution >= 4 is 17.9 Å². The first-order chi connectivity index (χ1) is 26.0. The normalized spacial score (nSPS) is 12.9. The van der Waals surface area contributed by atoms with Crippen LogP contribution in [0.4, 0.5) is 0 Å². The van der Waals surface area contributed by atoms with Crippen molar-refractivity contribution in [2.75, 3.05) is 13.2 Å². The summed E-state index contributed by atoms with van der Waals surface area (Å²) in [6.07, 6.45) is 51.7. The standard InChI is InChI=1S/C47H76O6/c1-4-7-10-13-16-19-21-22-23-24-25-26-29-31-34-37-40-46(49)52-43-44(42-51-45(48)39-36-33-30-27-18-15-12-9-6-3)53-47(50)41-38-35-32-28-20-17-14-11-8-5-2/h7,9-10,12,16,18-19,22-23,25-27,33,36,44H,4-6,8,11,13-15,17,20-21,24,28-32,34-35,37-43H2,1-3H3/b10-7-,12-9-,19-16-,23-22-,26-25-,27-18-,36-33-. The van der Waals surface area contributed by atoms with Crippen LogP contribution in [0.2, 0.25) is 0 Å². The second-order valence-corrected chi connectivity index (χ2v) is 13.5. The predicted octanol–water partition coefficient (Wildman–Crippen LogP) is 13.3. The lowest BCUT2D eigenvalue weighted by atomic mass is 10.1. The van der Waals surface area contributed by atoms with Gasteiger partial charge in [0.1, 0.15) is 13.2 Å². The summed E-state index contributed by atoms with van der Waals surface area (Å²) in [6, 6.07) is 0. The first-order valence-corrected chi connectivity index (χ1v) is 21.1. The first-order valence-electron chi connectivity index (χ1n) is 21.1. The number of rotatable bonds is 36. The van der Waals surface area contributed by atoms with Crippen LogP contribution < -0.4 is 0 Å². The molecule has 0 saturated heterocycles. The third-order valence-electron chi connectivity index (χ3n) is 8.43.